The predicted molar refractivity (Wildman–Crippen MR) is 73.5 cm³/mol. The van der Waals surface area contributed by atoms with Crippen molar-refractivity contribution in [1.82, 2.24) is 9.66 Å². The summed E-state index contributed by atoms with van der Waals surface area (Å²) in [7, 11) is 1.21. The fourth-order valence-electron chi connectivity index (χ4n) is 1.49. The van der Waals surface area contributed by atoms with E-state index < -0.39 is 11.5 Å². The molecule has 8 heteroatoms. The first-order chi connectivity index (χ1) is 9.52. The van der Waals surface area contributed by atoms with Crippen molar-refractivity contribution in [3.63, 3.8) is 0 Å². The van der Waals surface area contributed by atoms with E-state index in [0.29, 0.717) is 11.5 Å². The van der Waals surface area contributed by atoms with Gasteiger partial charge in [-0.1, -0.05) is 0 Å². The lowest BCUT2D eigenvalue weighted by Gasteiger charge is -2.03. The molecule has 0 saturated carbocycles. The molecule has 2 aromatic heterocycles. The van der Waals surface area contributed by atoms with Gasteiger partial charge in [0.05, 0.1) is 13.4 Å². The van der Waals surface area contributed by atoms with Crippen LogP contribution in [0.4, 0.5) is 0 Å². The first-order valence-electron chi connectivity index (χ1n) is 5.57. The van der Waals surface area contributed by atoms with Gasteiger partial charge in [-0.25, -0.2) is 4.79 Å². The lowest BCUT2D eigenvalue weighted by molar-refractivity contribution is 0.0593. The average Bonchev–Trinajstić information content (AvgIpc) is 2.95. The number of carbonyl (C=O) groups is 1. The van der Waals surface area contributed by atoms with Gasteiger partial charge in [-0.3, -0.25) is 4.79 Å². The second-order valence-corrected chi connectivity index (χ2v) is 4.18. The van der Waals surface area contributed by atoms with Crippen LogP contribution in [0.1, 0.15) is 23.2 Å². The first kappa shape index (κ1) is 13.9. The van der Waals surface area contributed by atoms with Crippen molar-refractivity contribution in [1.29, 1.82) is 0 Å². The van der Waals surface area contributed by atoms with Gasteiger partial charge in [-0.15, -0.1) is 0 Å². The number of methoxy groups -OCH3 is 1. The summed E-state index contributed by atoms with van der Waals surface area (Å²) >= 11 is 5.00. The number of hydrogen-bond acceptors (Lipinski definition) is 6. The third-order valence-corrected chi connectivity index (χ3v) is 2.72. The van der Waals surface area contributed by atoms with E-state index in [9.17, 15) is 9.59 Å². The molecule has 0 saturated heterocycles. The van der Waals surface area contributed by atoms with Gasteiger partial charge in [0.15, 0.2) is 0 Å². The summed E-state index contributed by atoms with van der Waals surface area (Å²) in [5, 5.41) is 4.07. The largest absolute Gasteiger partial charge is 0.464 e. The Kier molecular flexibility index (Phi) is 3.94. The van der Waals surface area contributed by atoms with Crippen LogP contribution in [-0.4, -0.2) is 28.5 Å². The SMILES string of the molecule is COC(=O)c1cc(=O)n(/N=C(\C)c2ccco2)c(=S)[nH]1. The van der Waals surface area contributed by atoms with Crippen LogP contribution in [0.5, 0.6) is 0 Å². The van der Waals surface area contributed by atoms with Gasteiger partial charge in [0.25, 0.3) is 5.56 Å². The predicted octanol–water partition coefficient (Wildman–Crippen LogP) is 1.56. The monoisotopic (exact) mass is 293 g/mol. The highest BCUT2D eigenvalue weighted by atomic mass is 32.1. The average molecular weight is 293 g/mol. The summed E-state index contributed by atoms with van der Waals surface area (Å²) < 4.78 is 10.6. The Balaban J connectivity index is 2.49. The van der Waals surface area contributed by atoms with E-state index in [-0.39, 0.29) is 10.5 Å². The zero-order valence-corrected chi connectivity index (χ0v) is 11.6. The third kappa shape index (κ3) is 2.75. The molecule has 0 aliphatic heterocycles. The Hall–Kier alpha value is -2.48. The number of nitrogens with zero attached hydrogens (tertiary/aromatic N) is 2. The number of carbonyl (C=O) groups excluding carboxylic acids is 1. The topological polar surface area (TPSA) is 89.6 Å². The summed E-state index contributed by atoms with van der Waals surface area (Å²) in [6, 6.07) is 4.48. The molecule has 0 bridgehead atoms. The molecule has 0 fully saturated rings. The standard InChI is InChI=1S/C12H11N3O4S/c1-7(9-4-3-5-19-9)14-15-10(16)6-8(11(17)18-2)13-12(15)20/h3-6H,1-2H3,(H,13,20)/b14-7+. The number of furan rings is 1. The third-order valence-electron chi connectivity index (χ3n) is 2.44. The highest BCUT2D eigenvalue weighted by molar-refractivity contribution is 7.71. The molecule has 7 nitrogen and oxygen atoms in total. The number of ether oxygens (including phenoxy) is 1. The molecule has 0 unspecified atom stereocenters. The van der Waals surface area contributed by atoms with Crippen LogP contribution in [0.2, 0.25) is 0 Å². The van der Waals surface area contributed by atoms with Gasteiger partial charge >= 0.3 is 5.97 Å². The number of rotatable bonds is 3. The van der Waals surface area contributed by atoms with Crippen LogP contribution in [0.15, 0.2) is 38.8 Å². The lowest BCUT2D eigenvalue weighted by Crippen LogP contribution is -2.22. The fraction of sp³-hybridized carbons (Fsp3) is 0.167. The number of H-pyrrole nitrogens is 1. The van der Waals surface area contributed by atoms with Gasteiger partial charge in [-0.2, -0.15) is 9.78 Å². The molecule has 20 heavy (non-hydrogen) atoms. The normalized spacial score (nSPS) is 11.4. The minimum absolute atomic E-state index is 0.0104. The van der Waals surface area contributed by atoms with Crippen LogP contribution >= 0.6 is 12.2 Å². The van der Waals surface area contributed by atoms with Gasteiger partial charge in [-0.05, 0) is 31.3 Å². The number of hydrogen-bond donors (Lipinski definition) is 1. The zero-order valence-electron chi connectivity index (χ0n) is 10.7. The van der Waals surface area contributed by atoms with Crippen LogP contribution in [0.3, 0.4) is 0 Å². The maximum atomic E-state index is 11.9. The highest BCUT2D eigenvalue weighted by Gasteiger charge is 2.10. The molecule has 1 N–H and O–H groups in total. The highest BCUT2D eigenvalue weighted by Crippen LogP contribution is 2.03. The van der Waals surface area contributed by atoms with Crippen LogP contribution < -0.4 is 5.56 Å². The van der Waals surface area contributed by atoms with Crippen LogP contribution in [0, 0.1) is 4.77 Å². The quantitative estimate of drug-likeness (QED) is 0.527. The van der Waals surface area contributed by atoms with E-state index in [1.165, 1.54) is 13.4 Å². The van der Waals surface area contributed by atoms with E-state index in [0.717, 1.165) is 10.7 Å². The second-order valence-electron chi connectivity index (χ2n) is 3.79. The smallest absolute Gasteiger partial charge is 0.354 e. The molecule has 104 valence electrons. The second kappa shape index (κ2) is 5.66. The molecule has 0 aliphatic carbocycles. The van der Waals surface area contributed by atoms with E-state index in [4.69, 9.17) is 16.6 Å². The molecule has 2 heterocycles. The summed E-state index contributed by atoms with van der Waals surface area (Å²) in [5.74, 6) is -0.157. The maximum absolute atomic E-state index is 11.9. The zero-order chi connectivity index (χ0) is 14.7. The van der Waals surface area contributed by atoms with E-state index >= 15 is 0 Å². The molecule has 2 rings (SSSR count). The van der Waals surface area contributed by atoms with E-state index in [2.05, 4.69) is 14.8 Å². The summed E-state index contributed by atoms with van der Waals surface area (Å²) in [5.41, 5.74) is -0.0907. The van der Waals surface area contributed by atoms with Crippen molar-refractivity contribution in [2.45, 2.75) is 6.92 Å². The number of esters is 1. The van der Waals surface area contributed by atoms with Crippen LogP contribution in [-0.2, 0) is 4.74 Å². The summed E-state index contributed by atoms with van der Waals surface area (Å²) in [6.45, 7) is 1.67. The van der Waals surface area contributed by atoms with Crippen LogP contribution in [0.25, 0.3) is 0 Å². The van der Waals surface area contributed by atoms with Gasteiger partial charge in [0, 0.05) is 6.07 Å². The van der Waals surface area contributed by atoms with Crippen molar-refractivity contribution < 1.29 is 13.9 Å². The molecule has 0 spiro atoms. The molecule has 0 amide bonds. The Morgan fingerprint density at radius 1 is 1.55 bits per heavy atom. The van der Waals surface area contributed by atoms with Crippen molar-refractivity contribution in [2.75, 3.05) is 7.11 Å². The van der Waals surface area contributed by atoms with Gasteiger partial charge in [0.1, 0.15) is 17.2 Å². The molecular formula is C12H11N3O4S. The number of aromatic nitrogens is 2. The number of aromatic amines is 1. The Morgan fingerprint density at radius 2 is 2.30 bits per heavy atom. The lowest BCUT2D eigenvalue weighted by atomic mass is 10.3. The summed E-state index contributed by atoms with van der Waals surface area (Å²) in [4.78, 5) is 25.8. The molecule has 0 aliphatic rings. The maximum Gasteiger partial charge on any atom is 0.354 e. The molecule has 2 aromatic rings. The Bertz CT molecular complexity index is 739. The first-order valence-corrected chi connectivity index (χ1v) is 5.98. The summed E-state index contributed by atoms with van der Waals surface area (Å²) in [6.07, 6.45) is 1.50. The molecule has 0 atom stereocenters. The number of nitrogens with one attached hydrogen (secondary N) is 1. The molecule has 0 radical (unpaired) electrons. The van der Waals surface area contributed by atoms with Gasteiger partial charge in [0.2, 0.25) is 4.77 Å². The Morgan fingerprint density at radius 3 is 2.85 bits per heavy atom. The van der Waals surface area contributed by atoms with Gasteiger partial charge < -0.3 is 14.1 Å². The molecule has 0 aromatic carbocycles. The fourth-order valence-corrected chi connectivity index (χ4v) is 1.73. The Labute approximate surface area is 118 Å². The minimum atomic E-state index is -0.674. The van der Waals surface area contributed by atoms with Crippen molar-refractivity contribution in [3.05, 3.63) is 51.0 Å². The van der Waals surface area contributed by atoms with Crippen molar-refractivity contribution >= 4 is 23.9 Å². The minimum Gasteiger partial charge on any atom is -0.464 e. The molecular weight excluding hydrogens is 282 g/mol. The van der Waals surface area contributed by atoms with Crippen molar-refractivity contribution in [2.24, 2.45) is 5.10 Å². The van der Waals surface area contributed by atoms with Crippen molar-refractivity contribution in [3.8, 4) is 0 Å². The van der Waals surface area contributed by atoms with E-state index in [1.807, 2.05) is 0 Å². The van der Waals surface area contributed by atoms with E-state index in [1.54, 1.807) is 19.1 Å².